The van der Waals surface area contributed by atoms with E-state index in [1.807, 2.05) is 47.2 Å². The molecule has 0 spiro atoms. The van der Waals surface area contributed by atoms with Crippen molar-refractivity contribution in [3.8, 4) is 0 Å². The first-order chi connectivity index (χ1) is 8.86. The van der Waals surface area contributed by atoms with Gasteiger partial charge in [0.25, 0.3) is 0 Å². The maximum atomic E-state index is 4.33. The van der Waals surface area contributed by atoms with Crippen molar-refractivity contribution in [3.05, 3.63) is 82.6 Å². The minimum Gasteiger partial charge on any atom is -0.151 e. The van der Waals surface area contributed by atoms with Crippen molar-refractivity contribution in [2.24, 2.45) is 0 Å². The van der Waals surface area contributed by atoms with Crippen LogP contribution in [0.2, 0.25) is 0 Å². The summed E-state index contributed by atoms with van der Waals surface area (Å²) < 4.78 is 0. The van der Waals surface area contributed by atoms with Crippen LogP contribution in [0.25, 0.3) is 11.1 Å². The molecular weight excluding hydrogens is 256 g/mol. The van der Waals surface area contributed by atoms with Crippen LogP contribution in [0.4, 0.5) is 0 Å². The minimum atomic E-state index is 1.07. The van der Waals surface area contributed by atoms with E-state index in [-0.39, 0.29) is 0 Å². The van der Waals surface area contributed by atoms with E-state index < -0.39 is 0 Å². The highest BCUT2D eigenvalue weighted by Gasteiger charge is 2.08. The molecule has 0 unspecified atom stereocenters. The summed E-state index contributed by atoms with van der Waals surface area (Å²) in [7, 11) is 0. The lowest BCUT2D eigenvalue weighted by molar-refractivity contribution is 1.59. The van der Waals surface area contributed by atoms with E-state index in [9.17, 15) is 0 Å². The second-order valence-corrected chi connectivity index (χ2v) is 4.33. The fourth-order valence-electron chi connectivity index (χ4n) is 1.83. The molecule has 0 aliphatic heterocycles. The Bertz CT molecular complexity index is 501. The Kier molecular flexibility index (Phi) is 4.73. The molecule has 18 heavy (non-hydrogen) atoms. The van der Waals surface area contributed by atoms with Crippen LogP contribution in [0.5, 0.6) is 0 Å². The first-order valence-corrected chi connectivity index (χ1v) is 6.70. The Balaban J connectivity index is 2.45. The van der Waals surface area contributed by atoms with E-state index in [1.165, 1.54) is 0 Å². The zero-order valence-corrected chi connectivity index (χ0v) is 11.6. The summed E-state index contributed by atoms with van der Waals surface area (Å²) >= 11 is 8.67. The predicted molar refractivity (Wildman–Crippen MR) is 86.8 cm³/mol. The summed E-state index contributed by atoms with van der Waals surface area (Å²) in [6.07, 6.45) is 0. The molecule has 0 bridgehead atoms. The van der Waals surface area contributed by atoms with Gasteiger partial charge < -0.3 is 0 Å². The number of rotatable bonds is 3. The van der Waals surface area contributed by atoms with E-state index in [0.29, 0.717) is 0 Å². The largest absolute Gasteiger partial charge is 0.151 e. The first kappa shape index (κ1) is 13.1. The van der Waals surface area contributed by atoms with E-state index in [0.717, 1.165) is 22.3 Å². The Morgan fingerprint density at radius 3 is 1.22 bits per heavy atom. The SMILES string of the molecule is S/C=C(/C(=C/S)c1ccccc1)c1ccccc1. The molecule has 0 nitrogen and oxygen atoms in total. The summed E-state index contributed by atoms with van der Waals surface area (Å²) in [4.78, 5) is 0. The van der Waals surface area contributed by atoms with Crippen molar-refractivity contribution in [3.63, 3.8) is 0 Å². The summed E-state index contributed by atoms with van der Waals surface area (Å²) in [6.45, 7) is 0. The van der Waals surface area contributed by atoms with Gasteiger partial charge in [-0.3, -0.25) is 0 Å². The molecule has 0 radical (unpaired) electrons. The summed E-state index contributed by atoms with van der Waals surface area (Å²) in [5, 5.41) is 3.65. The second kappa shape index (κ2) is 6.53. The highest BCUT2D eigenvalue weighted by molar-refractivity contribution is 7.84. The van der Waals surface area contributed by atoms with Gasteiger partial charge in [-0.1, -0.05) is 60.7 Å². The van der Waals surface area contributed by atoms with Gasteiger partial charge in [0.05, 0.1) is 0 Å². The molecule has 0 aliphatic carbocycles. The van der Waals surface area contributed by atoms with E-state index in [2.05, 4.69) is 49.5 Å². The van der Waals surface area contributed by atoms with Crippen LogP contribution in [0, 0.1) is 0 Å². The molecule has 0 N–H and O–H groups in total. The molecule has 0 heterocycles. The number of hydrogen-bond donors (Lipinski definition) is 2. The fourth-order valence-corrected chi connectivity index (χ4v) is 2.41. The highest BCUT2D eigenvalue weighted by Crippen LogP contribution is 2.32. The lowest BCUT2D eigenvalue weighted by atomic mass is 9.95. The third-order valence-corrected chi connectivity index (χ3v) is 3.23. The van der Waals surface area contributed by atoms with Crippen LogP contribution in [-0.2, 0) is 0 Å². The number of hydrogen-bond acceptors (Lipinski definition) is 2. The van der Waals surface area contributed by atoms with E-state index in [4.69, 9.17) is 0 Å². The lowest BCUT2D eigenvalue weighted by Crippen LogP contribution is -1.89. The average molecular weight is 270 g/mol. The third kappa shape index (κ3) is 2.89. The zero-order valence-electron chi connectivity index (χ0n) is 9.82. The van der Waals surface area contributed by atoms with Gasteiger partial charge in [0.15, 0.2) is 0 Å². The molecule has 0 atom stereocenters. The number of allylic oxidation sites excluding steroid dienone is 2. The van der Waals surface area contributed by atoms with Gasteiger partial charge >= 0.3 is 0 Å². The second-order valence-electron chi connectivity index (χ2n) is 3.82. The summed E-state index contributed by atoms with van der Waals surface area (Å²) in [6, 6.07) is 20.4. The summed E-state index contributed by atoms with van der Waals surface area (Å²) in [5.74, 6) is 0. The molecule has 0 amide bonds. The normalized spacial score (nSPS) is 12.6. The van der Waals surface area contributed by atoms with Crippen molar-refractivity contribution in [1.29, 1.82) is 0 Å². The Morgan fingerprint density at radius 1 is 0.611 bits per heavy atom. The molecule has 2 aromatic carbocycles. The smallest absolute Gasteiger partial charge is 0.00398 e. The Morgan fingerprint density at radius 2 is 0.944 bits per heavy atom. The molecule has 2 aromatic rings. The summed E-state index contributed by atoms with van der Waals surface area (Å²) in [5.41, 5.74) is 4.41. The van der Waals surface area contributed by atoms with Crippen LogP contribution >= 0.6 is 25.3 Å². The van der Waals surface area contributed by atoms with Gasteiger partial charge in [-0.25, -0.2) is 0 Å². The molecule has 0 saturated heterocycles. The van der Waals surface area contributed by atoms with Gasteiger partial charge in [0.2, 0.25) is 0 Å². The standard InChI is InChI=1S/C16H14S2/c17-11-15(13-7-3-1-4-8-13)16(12-18)14-9-5-2-6-10-14/h1-12,17-18H/b15-11+,16-12+. The highest BCUT2D eigenvalue weighted by atomic mass is 32.1. The van der Waals surface area contributed by atoms with Crippen LogP contribution in [0.3, 0.4) is 0 Å². The van der Waals surface area contributed by atoms with Gasteiger partial charge in [0.1, 0.15) is 0 Å². The van der Waals surface area contributed by atoms with E-state index >= 15 is 0 Å². The topological polar surface area (TPSA) is 0 Å². The van der Waals surface area contributed by atoms with Crippen molar-refractivity contribution in [1.82, 2.24) is 0 Å². The molecule has 2 rings (SSSR count). The predicted octanol–water partition coefficient (Wildman–Crippen LogP) is 4.93. The van der Waals surface area contributed by atoms with Crippen molar-refractivity contribution in [2.45, 2.75) is 0 Å². The van der Waals surface area contributed by atoms with Crippen molar-refractivity contribution >= 4 is 36.4 Å². The van der Waals surface area contributed by atoms with Gasteiger partial charge in [0, 0.05) is 0 Å². The molecule has 0 aliphatic rings. The van der Waals surface area contributed by atoms with Gasteiger partial charge in [-0.2, -0.15) is 25.3 Å². The molecule has 0 aromatic heterocycles. The molecule has 2 heteroatoms. The van der Waals surface area contributed by atoms with Crippen molar-refractivity contribution in [2.75, 3.05) is 0 Å². The molecule has 90 valence electrons. The Hall–Kier alpha value is -1.38. The van der Waals surface area contributed by atoms with E-state index in [1.54, 1.807) is 0 Å². The molecule has 0 fully saturated rings. The fraction of sp³-hybridized carbons (Fsp3) is 0. The quantitative estimate of drug-likeness (QED) is 0.573. The van der Waals surface area contributed by atoms with Crippen LogP contribution in [-0.4, -0.2) is 0 Å². The lowest BCUT2D eigenvalue weighted by Gasteiger charge is -2.11. The average Bonchev–Trinajstić information content (AvgIpc) is 2.46. The zero-order chi connectivity index (χ0) is 12.8. The maximum absolute atomic E-state index is 4.33. The Labute approximate surface area is 119 Å². The van der Waals surface area contributed by atoms with Crippen LogP contribution in [0.1, 0.15) is 11.1 Å². The monoisotopic (exact) mass is 270 g/mol. The van der Waals surface area contributed by atoms with Crippen molar-refractivity contribution < 1.29 is 0 Å². The number of thiol groups is 2. The van der Waals surface area contributed by atoms with Gasteiger partial charge in [-0.15, -0.1) is 0 Å². The first-order valence-electron chi connectivity index (χ1n) is 5.67. The van der Waals surface area contributed by atoms with Crippen LogP contribution in [0.15, 0.2) is 71.5 Å². The van der Waals surface area contributed by atoms with Gasteiger partial charge in [-0.05, 0) is 33.1 Å². The molecule has 0 saturated carbocycles. The molecular formula is C16H14S2. The minimum absolute atomic E-state index is 1.07. The van der Waals surface area contributed by atoms with Crippen LogP contribution < -0.4 is 0 Å². The number of benzene rings is 2. The maximum Gasteiger partial charge on any atom is -0.00398 e. The third-order valence-electron chi connectivity index (χ3n) is 2.72.